The lowest BCUT2D eigenvalue weighted by Crippen LogP contribution is -2.22. The predicted octanol–water partition coefficient (Wildman–Crippen LogP) is 2.68. The molecule has 4 heteroatoms. The van der Waals surface area contributed by atoms with Crippen molar-refractivity contribution in [1.82, 2.24) is 4.90 Å². The second-order valence-corrected chi connectivity index (χ2v) is 5.25. The Morgan fingerprint density at radius 3 is 2.48 bits per heavy atom. The number of para-hydroxylation sites is 1. The van der Waals surface area contributed by atoms with Crippen molar-refractivity contribution < 1.29 is 0 Å². The molecule has 0 spiro atoms. The van der Waals surface area contributed by atoms with Crippen LogP contribution in [0.4, 0.5) is 5.69 Å². The van der Waals surface area contributed by atoms with Gasteiger partial charge in [0.25, 0.3) is 0 Å². The molecule has 2 aromatic carbocycles. The monoisotopic (exact) mass is 282 g/mol. The summed E-state index contributed by atoms with van der Waals surface area (Å²) in [5, 5.41) is 3.08. The number of nitrogens with zero attached hydrogens (tertiary/aromatic N) is 2. The molecule has 0 heterocycles. The Bertz CT molecular complexity index is 591. The van der Waals surface area contributed by atoms with Gasteiger partial charge in [0, 0.05) is 12.2 Å². The molecule has 0 aliphatic carbocycles. The van der Waals surface area contributed by atoms with Gasteiger partial charge >= 0.3 is 0 Å². The number of anilines is 1. The third kappa shape index (κ3) is 5.28. The van der Waals surface area contributed by atoms with Crippen molar-refractivity contribution in [3.05, 3.63) is 65.7 Å². The van der Waals surface area contributed by atoms with E-state index in [0.29, 0.717) is 12.5 Å². The number of hydrogen-bond acceptors (Lipinski definition) is 2. The van der Waals surface area contributed by atoms with Gasteiger partial charge in [-0.25, -0.2) is 4.99 Å². The first-order valence-corrected chi connectivity index (χ1v) is 6.98. The maximum Gasteiger partial charge on any atom is 0.193 e. The van der Waals surface area contributed by atoms with Crippen molar-refractivity contribution in [2.24, 2.45) is 10.7 Å². The molecule has 0 saturated carbocycles. The highest BCUT2D eigenvalue weighted by molar-refractivity contribution is 5.92. The van der Waals surface area contributed by atoms with Crippen molar-refractivity contribution in [3.63, 3.8) is 0 Å². The van der Waals surface area contributed by atoms with E-state index in [-0.39, 0.29) is 0 Å². The molecule has 0 bridgehead atoms. The van der Waals surface area contributed by atoms with Crippen LogP contribution in [0.25, 0.3) is 0 Å². The lowest BCUT2D eigenvalue weighted by atomic mass is 10.1. The fourth-order valence-corrected chi connectivity index (χ4v) is 2.08. The number of hydrogen-bond donors (Lipinski definition) is 2. The summed E-state index contributed by atoms with van der Waals surface area (Å²) in [6.07, 6.45) is 0. The molecule has 0 fully saturated rings. The Kier molecular flexibility index (Phi) is 5.35. The third-order valence-electron chi connectivity index (χ3n) is 2.97. The molecule has 0 saturated heterocycles. The second-order valence-electron chi connectivity index (χ2n) is 5.25. The summed E-state index contributed by atoms with van der Waals surface area (Å²) in [6.45, 7) is 1.50. The normalized spacial score (nSPS) is 11.7. The molecule has 3 N–H and O–H groups in total. The largest absolute Gasteiger partial charge is 0.370 e. The number of benzene rings is 2. The van der Waals surface area contributed by atoms with E-state index >= 15 is 0 Å². The maximum absolute atomic E-state index is 5.90. The van der Waals surface area contributed by atoms with Crippen molar-refractivity contribution in [1.29, 1.82) is 0 Å². The van der Waals surface area contributed by atoms with Crippen LogP contribution < -0.4 is 11.1 Å². The first-order valence-electron chi connectivity index (χ1n) is 6.98. The minimum atomic E-state index is 0.430. The van der Waals surface area contributed by atoms with Gasteiger partial charge < -0.3 is 16.0 Å². The molecular weight excluding hydrogens is 260 g/mol. The van der Waals surface area contributed by atoms with Crippen LogP contribution in [-0.4, -0.2) is 25.0 Å². The number of guanidine groups is 1. The van der Waals surface area contributed by atoms with Crippen molar-refractivity contribution in [2.45, 2.75) is 13.1 Å². The molecule has 0 amide bonds. The van der Waals surface area contributed by atoms with Gasteiger partial charge in [-0.1, -0.05) is 42.5 Å². The van der Waals surface area contributed by atoms with Gasteiger partial charge in [-0.05, 0) is 37.4 Å². The molecule has 0 aliphatic heterocycles. The van der Waals surface area contributed by atoms with E-state index in [9.17, 15) is 0 Å². The Morgan fingerprint density at radius 2 is 1.76 bits per heavy atom. The maximum atomic E-state index is 5.90. The van der Waals surface area contributed by atoms with Gasteiger partial charge in [-0.15, -0.1) is 0 Å². The summed E-state index contributed by atoms with van der Waals surface area (Å²) in [7, 11) is 4.12. The van der Waals surface area contributed by atoms with Gasteiger partial charge in [-0.3, -0.25) is 0 Å². The van der Waals surface area contributed by atoms with Crippen LogP contribution in [0.5, 0.6) is 0 Å². The topological polar surface area (TPSA) is 53.6 Å². The van der Waals surface area contributed by atoms with Gasteiger partial charge in [0.2, 0.25) is 0 Å². The average molecular weight is 282 g/mol. The predicted molar refractivity (Wildman–Crippen MR) is 89.2 cm³/mol. The van der Waals surface area contributed by atoms with Gasteiger partial charge in [0.15, 0.2) is 5.96 Å². The van der Waals surface area contributed by atoms with Crippen molar-refractivity contribution >= 4 is 11.6 Å². The highest BCUT2D eigenvalue weighted by Gasteiger charge is 1.98. The lowest BCUT2D eigenvalue weighted by Gasteiger charge is -2.10. The molecule has 0 radical (unpaired) electrons. The Morgan fingerprint density at radius 1 is 1.05 bits per heavy atom. The van der Waals surface area contributed by atoms with E-state index < -0.39 is 0 Å². The summed E-state index contributed by atoms with van der Waals surface area (Å²) in [5.74, 6) is 0.430. The second kappa shape index (κ2) is 7.45. The van der Waals surface area contributed by atoms with Crippen LogP contribution in [0.2, 0.25) is 0 Å². The van der Waals surface area contributed by atoms with Gasteiger partial charge in [0.05, 0.1) is 6.54 Å². The van der Waals surface area contributed by atoms with E-state index in [0.717, 1.165) is 17.8 Å². The summed E-state index contributed by atoms with van der Waals surface area (Å²) >= 11 is 0. The molecule has 0 aromatic heterocycles. The molecule has 0 unspecified atom stereocenters. The van der Waals surface area contributed by atoms with Crippen LogP contribution >= 0.6 is 0 Å². The fraction of sp³-hybridized carbons (Fsp3) is 0.235. The highest BCUT2D eigenvalue weighted by Crippen LogP contribution is 2.09. The molecule has 4 nitrogen and oxygen atoms in total. The Labute approximate surface area is 126 Å². The minimum Gasteiger partial charge on any atom is -0.370 e. The Hall–Kier alpha value is -2.33. The van der Waals surface area contributed by atoms with Crippen molar-refractivity contribution in [3.8, 4) is 0 Å². The van der Waals surface area contributed by atoms with Crippen molar-refractivity contribution in [2.75, 3.05) is 19.4 Å². The number of aliphatic imine (C=N–C) groups is 1. The molecule has 110 valence electrons. The van der Waals surface area contributed by atoms with Gasteiger partial charge in [-0.2, -0.15) is 0 Å². The highest BCUT2D eigenvalue weighted by atomic mass is 15.1. The van der Waals surface area contributed by atoms with E-state index in [4.69, 9.17) is 5.73 Å². The smallest absolute Gasteiger partial charge is 0.193 e. The lowest BCUT2D eigenvalue weighted by molar-refractivity contribution is 0.402. The van der Waals surface area contributed by atoms with Crippen LogP contribution in [0, 0.1) is 0 Å². The average Bonchev–Trinajstić information content (AvgIpc) is 2.46. The standard InChI is InChI=1S/C17H22N4/c1-21(2)13-15-8-6-7-14(11-15)12-19-17(18)20-16-9-4-3-5-10-16/h3-11H,12-13H2,1-2H3,(H3,18,19,20). The first-order chi connectivity index (χ1) is 10.1. The zero-order valence-electron chi connectivity index (χ0n) is 12.6. The first kappa shape index (κ1) is 15.1. The molecule has 2 aromatic rings. The number of nitrogens with two attached hydrogens (primary N) is 1. The minimum absolute atomic E-state index is 0.430. The van der Waals surface area contributed by atoms with E-state index in [1.807, 2.05) is 30.3 Å². The van der Waals surface area contributed by atoms with E-state index in [2.05, 4.69) is 53.6 Å². The van der Waals surface area contributed by atoms with Crippen LogP contribution in [0.15, 0.2) is 59.6 Å². The van der Waals surface area contributed by atoms with E-state index in [1.54, 1.807) is 0 Å². The zero-order chi connectivity index (χ0) is 15.1. The number of rotatable bonds is 5. The summed E-state index contributed by atoms with van der Waals surface area (Å²) < 4.78 is 0. The number of nitrogens with one attached hydrogen (secondary N) is 1. The molecule has 0 aliphatic rings. The van der Waals surface area contributed by atoms with Crippen LogP contribution in [0.1, 0.15) is 11.1 Å². The van der Waals surface area contributed by atoms with E-state index in [1.165, 1.54) is 5.56 Å². The fourth-order valence-electron chi connectivity index (χ4n) is 2.08. The molecule has 0 atom stereocenters. The summed E-state index contributed by atoms with van der Waals surface area (Å²) in [5.41, 5.74) is 9.29. The molecule has 2 rings (SSSR count). The Balaban J connectivity index is 1.96. The van der Waals surface area contributed by atoms with Crippen LogP contribution in [0.3, 0.4) is 0 Å². The van der Waals surface area contributed by atoms with Crippen LogP contribution in [-0.2, 0) is 13.1 Å². The SMILES string of the molecule is CN(C)Cc1cccc(CN=C(N)Nc2ccccc2)c1. The molecule has 21 heavy (non-hydrogen) atoms. The quantitative estimate of drug-likeness (QED) is 0.655. The zero-order valence-corrected chi connectivity index (χ0v) is 12.6. The molecular formula is C17H22N4. The third-order valence-corrected chi connectivity index (χ3v) is 2.97. The summed E-state index contributed by atoms with van der Waals surface area (Å²) in [6, 6.07) is 18.2. The van der Waals surface area contributed by atoms with Gasteiger partial charge in [0.1, 0.15) is 0 Å². The summed E-state index contributed by atoms with van der Waals surface area (Å²) in [4.78, 5) is 6.53.